The van der Waals surface area contributed by atoms with Crippen molar-refractivity contribution in [3.05, 3.63) is 12.8 Å². The van der Waals surface area contributed by atoms with Crippen LogP contribution in [0.3, 0.4) is 0 Å². The molecule has 0 aliphatic heterocycles. The van der Waals surface area contributed by atoms with Crippen LogP contribution >= 0.6 is 0 Å². The molecular weight excluding hydrogens is 219 g/mol. The van der Waals surface area contributed by atoms with Crippen molar-refractivity contribution in [1.29, 1.82) is 0 Å². The number of hydrogen-bond acceptors (Lipinski definition) is 1. The van der Waals surface area contributed by atoms with Crippen molar-refractivity contribution in [2.24, 2.45) is 5.41 Å². The molecule has 0 aliphatic carbocycles. The minimum atomic E-state index is -2.48. The van der Waals surface area contributed by atoms with E-state index in [4.69, 9.17) is 0 Å². The molecule has 0 heterocycles. The Bertz CT molecular complexity index is 181. The molecule has 0 spiro atoms. The molecule has 0 atom stereocenters. The minimum absolute atomic E-state index is 0.648. The largest absolute Gasteiger partial charge is 0.489 e. The molecule has 0 aromatic carbocycles. The lowest BCUT2D eigenvalue weighted by Crippen LogP contribution is -2.57. The fraction of sp³-hybridized carbons (Fsp3) is 0.778. The molecule has 6 heteroatoms. The van der Waals surface area contributed by atoms with Gasteiger partial charge in [-0.1, -0.05) is 6.58 Å². The van der Waals surface area contributed by atoms with Gasteiger partial charge >= 0.3 is 0 Å². The van der Waals surface area contributed by atoms with Gasteiger partial charge in [-0.05, 0) is 0 Å². The lowest BCUT2D eigenvalue weighted by molar-refractivity contribution is -0.144. The second kappa shape index (κ2) is 5.92. The van der Waals surface area contributed by atoms with Gasteiger partial charge in [0.15, 0.2) is 5.60 Å². The minimum Gasteiger partial charge on any atom is -0.489 e. The van der Waals surface area contributed by atoms with Crippen molar-refractivity contribution in [3.8, 4) is 0 Å². The highest BCUT2D eigenvalue weighted by molar-refractivity contribution is 5.01. The molecule has 0 aliphatic rings. The summed E-state index contributed by atoms with van der Waals surface area (Å²) in [7, 11) is 0. The van der Waals surface area contributed by atoms with Crippen LogP contribution in [-0.2, 0) is 4.74 Å². The van der Waals surface area contributed by atoms with E-state index in [1.165, 1.54) is 0 Å². The number of alkyl halides is 5. The van der Waals surface area contributed by atoms with Crippen molar-refractivity contribution in [2.75, 3.05) is 33.4 Å². The lowest BCUT2D eigenvalue weighted by atomic mass is 9.75. The summed E-state index contributed by atoms with van der Waals surface area (Å²) in [6.07, 6.45) is 0.648. The smallest absolute Gasteiger partial charge is 0.177 e. The van der Waals surface area contributed by atoms with E-state index >= 15 is 0 Å². The number of ether oxygens (including phenoxy) is 1. The first-order valence-electron chi connectivity index (χ1n) is 4.20. The monoisotopic (exact) mass is 232 g/mol. The molecule has 0 aromatic rings. The average Bonchev–Trinajstić information content (AvgIpc) is 2.30. The topological polar surface area (TPSA) is 9.23 Å². The van der Waals surface area contributed by atoms with Crippen LogP contribution in [0.15, 0.2) is 12.8 Å². The Morgan fingerprint density at radius 1 is 0.867 bits per heavy atom. The molecule has 0 saturated carbocycles. The molecule has 15 heavy (non-hydrogen) atoms. The van der Waals surface area contributed by atoms with E-state index in [0.29, 0.717) is 6.26 Å². The number of halogens is 5. The molecule has 0 amide bonds. The predicted molar refractivity (Wildman–Crippen MR) is 46.3 cm³/mol. The first-order chi connectivity index (χ1) is 7.11. The Balaban J connectivity index is 5.22. The third-order valence-corrected chi connectivity index (χ3v) is 2.47. The van der Waals surface area contributed by atoms with E-state index in [1.54, 1.807) is 0 Å². The maximum absolute atomic E-state index is 12.6. The molecule has 0 N–H and O–H groups in total. The van der Waals surface area contributed by atoms with Gasteiger partial charge < -0.3 is 4.74 Å². The van der Waals surface area contributed by atoms with Crippen LogP contribution in [0.4, 0.5) is 22.0 Å². The normalized spacial score (nSPS) is 12.6. The summed E-state index contributed by atoms with van der Waals surface area (Å²) >= 11 is 0. The van der Waals surface area contributed by atoms with Crippen LogP contribution in [0, 0.1) is 5.41 Å². The van der Waals surface area contributed by atoms with E-state index in [1.807, 2.05) is 0 Å². The van der Waals surface area contributed by atoms with Gasteiger partial charge in [0.05, 0.1) is 6.26 Å². The van der Waals surface area contributed by atoms with E-state index < -0.39 is 44.4 Å². The first-order valence-corrected chi connectivity index (χ1v) is 4.20. The van der Waals surface area contributed by atoms with Crippen LogP contribution in [0.2, 0.25) is 0 Å². The second-order valence-corrected chi connectivity index (χ2v) is 3.23. The SMILES string of the molecule is C=COC(CF)(CF)C(CF)(CF)CF. The van der Waals surface area contributed by atoms with E-state index in [9.17, 15) is 22.0 Å². The molecule has 0 aromatic heterocycles. The van der Waals surface area contributed by atoms with Gasteiger partial charge in [0, 0.05) is 0 Å². The average molecular weight is 232 g/mol. The van der Waals surface area contributed by atoms with Crippen molar-refractivity contribution in [3.63, 3.8) is 0 Å². The molecule has 90 valence electrons. The van der Waals surface area contributed by atoms with Gasteiger partial charge in [-0.2, -0.15) is 0 Å². The zero-order valence-electron chi connectivity index (χ0n) is 8.12. The summed E-state index contributed by atoms with van der Waals surface area (Å²) in [5.74, 6) is 0. The van der Waals surface area contributed by atoms with Crippen LogP contribution in [-0.4, -0.2) is 39.0 Å². The third kappa shape index (κ3) is 2.23. The first kappa shape index (κ1) is 14.2. The Morgan fingerprint density at radius 2 is 1.27 bits per heavy atom. The van der Waals surface area contributed by atoms with Gasteiger partial charge in [0.1, 0.15) is 38.8 Å². The Morgan fingerprint density at radius 3 is 1.47 bits per heavy atom. The molecule has 0 bridgehead atoms. The summed E-state index contributed by atoms with van der Waals surface area (Å²) < 4.78 is 67.5. The third-order valence-electron chi connectivity index (χ3n) is 2.47. The van der Waals surface area contributed by atoms with Gasteiger partial charge in [0.25, 0.3) is 0 Å². The van der Waals surface area contributed by atoms with Gasteiger partial charge in [-0.25, -0.2) is 8.78 Å². The molecule has 0 radical (unpaired) electrons. The van der Waals surface area contributed by atoms with Gasteiger partial charge in [-0.3, -0.25) is 13.2 Å². The Hall–Kier alpha value is -0.810. The molecule has 0 unspecified atom stereocenters. The molecular formula is C9H13F5O. The summed E-state index contributed by atoms with van der Waals surface area (Å²) in [5.41, 5.74) is -4.93. The maximum Gasteiger partial charge on any atom is 0.177 e. The summed E-state index contributed by atoms with van der Waals surface area (Å²) in [6.45, 7) is -4.70. The molecule has 0 rings (SSSR count). The van der Waals surface area contributed by atoms with Gasteiger partial charge in [0.2, 0.25) is 0 Å². The number of rotatable bonds is 8. The van der Waals surface area contributed by atoms with Crippen LogP contribution in [0.25, 0.3) is 0 Å². The van der Waals surface area contributed by atoms with Crippen molar-refractivity contribution in [1.82, 2.24) is 0 Å². The van der Waals surface area contributed by atoms with Crippen molar-refractivity contribution >= 4 is 0 Å². The molecule has 1 nitrogen and oxygen atoms in total. The molecule has 0 saturated heterocycles. The highest BCUT2D eigenvalue weighted by atomic mass is 19.2. The van der Waals surface area contributed by atoms with Gasteiger partial charge in [-0.15, -0.1) is 0 Å². The van der Waals surface area contributed by atoms with Crippen molar-refractivity contribution < 1.29 is 26.7 Å². The highest BCUT2D eigenvalue weighted by Gasteiger charge is 2.55. The van der Waals surface area contributed by atoms with Crippen molar-refractivity contribution in [2.45, 2.75) is 5.60 Å². The van der Waals surface area contributed by atoms with E-state index in [-0.39, 0.29) is 0 Å². The fourth-order valence-corrected chi connectivity index (χ4v) is 1.14. The zero-order chi connectivity index (χ0) is 11.9. The predicted octanol–water partition coefficient (Wildman–Crippen LogP) is 2.72. The standard InChI is InChI=1S/C9H13F5O/c1-2-15-9(6-13,7-14)8(3-10,4-11)5-12/h2H,1,3-7H2. The van der Waals surface area contributed by atoms with Crippen LogP contribution < -0.4 is 0 Å². The Labute approximate surface area is 84.9 Å². The van der Waals surface area contributed by atoms with E-state index in [0.717, 1.165) is 0 Å². The van der Waals surface area contributed by atoms with Crippen LogP contribution in [0.5, 0.6) is 0 Å². The summed E-state index contributed by atoms with van der Waals surface area (Å²) in [6, 6.07) is 0. The van der Waals surface area contributed by atoms with Crippen LogP contribution in [0.1, 0.15) is 0 Å². The van der Waals surface area contributed by atoms with E-state index in [2.05, 4.69) is 11.3 Å². The zero-order valence-corrected chi connectivity index (χ0v) is 8.12. The Kier molecular flexibility index (Phi) is 5.60. The lowest BCUT2D eigenvalue weighted by Gasteiger charge is -2.41. The molecule has 0 fully saturated rings. The maximum atomic E-state index is 12.6. The number of hydrogen-bond donors (Lipinski definition) is 0. The summed E-state index contributed by atoms with van der Waals surface area (Å²) in [5, 5.41) is 0. The highest BCUT2D eigenvalue weighted by Crippen LogP contribution is 2.38. The fourth-order valence-electron chi connectivity index (χ4n) is 1.14. The summed E-state index contributed by atoms with van der Waals surface area (Å²) in [4.78, 5) is 0. The second-order valence-electron chi connectivity index (χ2n) is 3.23. The quantitative estimate of drug-likeness (QED) is 0.462.